The van der Waals surface area contributed by atoms with Crippen LogP contribution in [-0.2, 0) is 20.9 Å². The maximum absolute atomic E-state index is 12.1. The van der Waals surface area contributed by atoms with Gasteiger partial charge in [-0.15, -0.1) is 0 Å². The van der Waals surface area contributed by atoms with E-state index in [1.165, 1.54) is 0 Å². The smallest absolute Gasteiger partial charge is 0.408 e. The summed E-state index contributed by atoms with van der Waals surface area (Å²) in [6, 6.07) is 8.98. The highest BCUT2D eigenvalue weighted by molar-refractivity contribution is 5.92. The fraction of sp³-hybridized carbons (Fsp3) is 0.471. The van der Waals surface area contributed by atoms with Crippen molar-refractivity contribution in [1.82, 2.24) is 5.32 Å². The largest absolute Gasteiger partial charge is 0.481 e. The molecule has 7 heteroatoms. The lowest BCUT2D eigenvalue weighted by Gasteiger charge is -2.38. The van der Waals surface area contributed by atoms with Gasteiger partial charge in [-0.2, -0.15) is 0 Å². The molecule has 0 unspecified atom stereocenters. The molecule has 2 fully saturated rings. The van der Waals surface area contributed by atoms with Crippen molar-refractivity contribution in [1.29, 1.82) is 0 Å². The molecule has 3 rings (SSSR count). The van der Waals surface area contributed by atoms with E-state index in [1.807, 2.05) is 6.07 Å². The molecule has 1 aromatic rings. The summed E-state index contributed by atoms with van der Waals surface area (Å²) >= 11 is 0. The molecular formula is C17H19NO6. The number of nitrogens with one attached hydrogen (secondary N) is 1. The first-order valence-corrected chi connectivity index (χ1v) is 7.90. The predicted molar refractivity (Wildman–Crippen MR) is 82.1 cm³/mol. The first-order valence-electron chi connectivity index (χ1n) is 7.90. The number of alkyl carbamates (subject to hydrolysis) is 1. The van der Waals surface area contributed by atoms with Gasteiger partial charge < -0.3 is 20.3 Å². The van der Waals surface area contributed by atoms with Crippen molar-refractivity contribution in [3.8, 4) is 0 Å². The van der Waals surface area contributed by atoms with Crippen LogP contribution in [0.25, 0.3) is 0 Å². The van der Waals surface area contributed by atoms with E-state index in [2.05, 4.69) is 5.32 Å². The molecular weight excluding hydrogens is 314 g/mol. The number of aliphatic carboxylic acids is 2. The summed E-state index contributed by atoms with van der Waals surface area (Å²) in [6.07, 6.45) is 0.874. The Morgan fingerprint density at radius 2 is 1.88 bits per heavy atom. The highest BCUT2D eigenvalue weighted by Gasteiger charge is 2.66. The van der Waals surface area contributed by atoms with Gasteiger partial charge in [0.2, 0.25) is 0 Å². The SMILES string of the molecule is O=C(N[C@]1(C(=O)O)[C@H]2CC[C@H](C2)[C@@H]1C(=O)O)OCc1ccccc1. The number of benzene rings is 1. The Morgan fingerprint density at radius 1 is 1.17 bits per heavy atom. The summed E-state index contributed by atoms with van der Waals surface area (Å²) in [5, 5.41) is 21.6. The molecule has 3 N–H and O–H groups in total. The number of hydrogen-bond donors (Lipinski definition) is 3. The molecule has 2 aliphatic rings. The zero-order valence-electron chi connectivity index (χ0n) is 13.0. The minimum Gasteiger partial charge on any atom is -0.481 e. The van der Waals surface area contributed by atoms with Crippen LogP contribution in [0.4, 0.5) is 4.79 Å². The highest BCUT2D eigenvalue weighted by atomic mass is 16.5. The topological polar surface area (TPSA) is 113 Å². The number of fused-ring (bicyclic) bond motifs is 2. The van der Waals surface area contributed by atoms with E-state index in [4.69, 9.17) is 4.74 Å². The number of carbonyl (C=O) groups excluding carboxylic acids is 1. The first-order chi connectivity index (χ1) is 11.4. The fourth-order valence-electron chi connectivity index (χ4n) is 4.22. The second-order valence-electron chi connectivity index (χ2n) is 6.45. The third kappa shape index (κ3) is 2.60. The molecule has 7 nitrogen and oxygen atoms in total. The van der Waals surface area contributed by atoms with Crippen molar-refractivity contribution in [2.75, 3.05) is 0 Å². The van der Waals surface area contributed by atoms with Gasteiger partial charge in [-0.3, -0.25) is 4.79 Å². The zero-order chi connectivity index (χ0) is 17.3. The van der Waals surface area contributed by atoms with E-state index in [0.717, 1.165) is 5.56 Å². The van der Waals surface area contributed by atoms with E-state index in [0.29, 0.717) is 19.3 Å². The predicted octanol–water partition coefficient (Wildman–Crippen LogP) is 1.87. The Labute approximate surface area is 138 Å². The molecule has 2 aliphatic carbocycles. The standard InChI is InChI=1S/C17H19NO6/c19-14(20)13-11-6-7-12(8-11)17(13,15(21)22)18-16(23)24-9-10-4-2-1-3-5-10/h1-5,11-13H,6-9H2,(H,18,23)(H,19,20)(H,21,22)/t11-,12+,13-,17-/m1/s1. The van der Waals surface area contributed by atoms with Gasteiger partial charge in [-0.1, -0.05) is 30.3 Å². The van der Waals surface area contributed by atoms with Crippen LogP contribution >= 0.6 is 0 Å². The second kappa shape index (κ2) is 6.14. The van der Waals surface area contributed by atoms with E-state index < -0.39 is 29.5 Å². The molecule has 0 aliphatic heterocycles. The average molecular weight is 333 g/mol. The van der Waals surface area contributed by atoms with E-state index in [9.17, 15) is 24.6 Å². The van der Waals surface area contributed by atoms with Gasteiger partial charge in [0.05, 0.1) is 5.92 Å². The zero-order valence-corrected chi connectivity index (χ0v) is 13.0. The molecule has 2 saturated carbocycles. The molecule has 0 heterocycles. The van der Waals surface area contributed by atoms with Crippen molar-refractivity contribution >= 4 is 18.0 Å². The number of carbonyl (C=O) groups is 3. The second-order valence-corrected chi connectivity index (χ2v) is 6.45. The maximum atomic E-state index is 12.1. The van der Waals surface area contributed by atoms with Crippen LogP contribution in [0, 0.1) is 17.8 Å². The van der Waals surface area contributed by atoms with Crippen LogP contribution in [-0.4, -0.2) is 33.8 Å². The summed E-state index contributed by atoms with van der Waals surface area (Å²) in [5.74, 6) is -4.23. The Kier molecular flexibility index (Phi) is 4.17. The number of ether oxygens (including phenoxy) is 1. The minimum absolute atomic E-state index is 0.00575. The van der Waals surface area contributed by atoms with Crippen LogP contribution in [0.3, 0.4) is 0 Å². The lowest BCUT2D eigenvalue weighted by Crippen LogP contribution is -2.64. The lowest BCUT2D eigenvalue weighted by atomic mass is 9.72. The summed E-state index contributed by atoms with van der Waals surface area (Å²) < 4.78 is 5.09. The first kappa shape index (κ1) is 16.3. The maximum Gasteiger partial charge on any atom is 0.408 e. The van der Waals surface area contributed by atoms with Crippen LogP contribution in [0.5, 0.6) is 0 Å². The van der Waals surface area contributed by atoms with E-state index in [1.54, 1.807) is 24.3 Å². The third-order valence-corrected chi connectivity index (χ3v) is 5.22. The van der Waals surface area contributed by atoms with Gasteiger partial charge in [0.25, 0.3) is 0 Å². The van der Waals surface area contributed by atoms with Gasteiger partial charge in [0.1, 0.15) is 6.61 Å². The number of hydrogen-bond acceptors (Lipinski definition) is 4. The van der Waals surface area contributed by atoms with Crippen molar-refractivity contribution in [2.45, 2.75) is 31.4 Å². The molecule has 2 bridgehead atoms. The van der Waals surface area contributed by atoms with Crippen LogP contribution < -0.4 is 5.32 Å². The van der Waals surface area contributed by atoms with Crippen molar-refractivity contribution in [2.24, 2.45) is 17.8 Å². The highest BCUT2D eigenvalue weighted by Crippen LogP contribution is 2.54. The normalized spacial score (nSPS) is 30.8. The summed E-state index contributed by atoms with van der Waals surface area (Å²) in [7, 11) is 0. The molecule has 0 saturated heterocycles. The number of amides is 1. The fourth-order valence-corrected chi connectivity index (χ4v) is 4.22. The average Bonchev–Trinajstić information content (AvgIpc) is 3.13. The molecule has 1 aromatic carbocycles. The van der Waals surface area contributed by atoms with Gasteiger partial charge >= 0.3 is 18.0 Å². The molecule has 1 amide bonds. The van der Waals surface area contributed by atoms with E-state index in [-0.39, 0.29) is 18.4 Å². The van der Waals surface area contributed by atoms with Crippen molar-refractivity contribution in [3.05, 3.63) is 35.9 Å². The van der Waals surface area contributed by atoms with Crippen LogP contribution in [0.2, 0.25) is 0 Å². The monoisotopic (exact) mass is 333 g/mol. The number of rotatable bonds is 5. The summed E-state index contributed by atoms with van der Waals surface area (Å²) in [6.45, 7) is -0.00575. The summed E-state index contributed by atoms with van der Waals surface area (Å²) in [4.78, 5) is 35.7. The quantitative estimate of drug-likeness (QED) is 0.758. The Morgan fingerprint density at radius 3 is 2.50 bits per heavy atom. The Balaban J connectivity index is 1.75. The molecule has 24 heavy (non-hydrogen) atoms. The molecule has 128 valence electrons. The van der Waals surface area contributed by atoms with Gasteiger partial charge in [0, 0.05) is 0 Å². The van der Waals surface area contributed by atoms with Gasteiger partial charge in [-0.05, 0) is 36.7 Å². The van der Waals surface area contributed by atoms with Crippen LogP contribution in [0.15, 0.2) is 30.3 Å². The number of carboxylic acid groups (broad SMARTS) is 2. The summed E-state index contributed by atoms with van der Waals surface area (Å²) in [5.41, 5.74) is -1.03. The van der Waals surface area contributed by atoms with Gasteiger partial charge in [-0.25, -0.2) is 9.59 Å². The van der Waals surface area contributed by atoms with Gasteiger partial charge in [0.15, 0.2) is 5.54 Å². The van der Waals surface area contributed by atoms with Crippen molar-refractivity contribution < 1.29 is 29.3 Å². The van der Waals surface area contributed by atoms with Crippen molar-refractivity contribution in [3.63, 3.8) is 0 Å². The minimum atomic E-state index is -1.79. The van der Waals surface area contributed by atoms with Crippen LogP contribution in [0.1, 0.15) is 24.8 Å². The Bertz CT molecular complexity index is 660. The Hall–Kier alpha value is -2.57. The molecule has 0 aromatic heterocycles. The lowest BCUT2D eigenvalue weighted by molar-refractivity contribution is -0.160. The molecule has 0 radical (unpaired) electrons. The number of carboxylic acids is 2. The molecule has 0 spiro atoms. The molecule has 4 atom stereocenters. The third-order valence-electron chi connectivity index (χ3n) is 5.22. The van der Waals surface area contributed by atoms with E-state index >= 15 is 0 Å².